The predicted octanol–water partition coefficient (Wildman–Crippen LogP) is 7.84. The van der Waals surface area contributed by atoms with Crippen LogP contribution in [-0.2, 0) is 6.42 Å². The minimum Gasteiger partial charge on any atom is -0.0651 e. The van der Waals surface area contributed by atoms with E-state index in [9.17, 15) is 0 Å². The van der Waals surface area contributed by atoms with Gasteiger partial charge in [-0.05, 0) is 29.2 Å². The SMILES string of the molecule is CC(C)[Si](CCCCc1ccc2ccccc2c1)(C(C)C)C(C)C. The van der Waals surface area contributed by atoms with E-state index < -0.39 is 8.07 Å². The van der Waals surface area contributed by atoms with E-state index in [-0.39, 0.29) is 0 Å². The van der Waals surface area contributed by atoms with Gasteiger partial charge in [0.15, 0.2) is 0 Å². The standard InChI is InChI=1S/C23H36Si/c1-18(2)24(19(3)4,20(5)6)16-10-9-11-21-14-15-22-12-7-8-13-23(22)17-21/h7-8,12-15,17-20H,9-11,16H2,1-6H3. The van der Waals surface area contributed by atoms with Gasteiger partial charge in [-0.1, -0.05) is 113 Å². The Kier molecular flexibility index (Phi) is 6.68. The highest BCUT2D eigenvalue weighted by Crippen LogP contribution is 2.45. The molecule has 0 unspecified atom stereocenters. The number of benzene rings is 2. The van der Waals surface area contributed by atoms with Crippen LogP contribution in [0, 0.1) is 0 Å². The van der Waals surface area contributed by atoms with E-state index in [1.54, 1.807) is 0 Å². The maximum atomic E-state index is 2.48. The summed E-state index contributed by atoms with van der Waals surface area (Å²) in [6.07, 6.45) is 3.95. The quantitative estimate of drug-likeness (QED) is 0.339. The van der Waals surface area contributed by atoms with Crippen molar-refractivity contribution in [3.63, 3.8) is 0 Å². The summed E-state index contributed by atoms with van der Waals surface area (Å²) < 4.78 is 0. The lowest BCUT2D eigenvalue weighted by Gasteiger charge is -2.43. The van der Waals surface area contributed by atoms with Gasteiger partial charge in [0.25, 0.3) is 0 Å². The molecule has 0 fully saturated rings. The highest BCUT2D eigenvalue weighted by molar-refractivity contribution is 6.83. The molecule has 0 amide bonds. The summed E-state index contributed by atoms with van der Waals surface area (Å²) in [5.74, 6) is 0. The van der Waals surface area contributed by atoms with Gasteiger partial charge in [-0.2, -0.15) is 0 Å². The van der Waals surface area contributed by atoms with Crippen LogP contribution in [0.3, 0.4) is 0 Å². The summed E-state index contributed by atoms with van der Waals surface area (Å²) in [6.45, 7) is 14.9. The van der Waals surface area contributed by atoms with E-state index in [0.29, 0.717) is 0 Å². The molecular weight excluding hydrogens is 304 g/mol. The van der Waals surface area contributed by atoms with Gasteiger partial charge in [0.2, 0.25) is 0 Å². The summed E-state index contributed by atoms with van der Waals surface area (Å²) in [7, 11) is -1.21. The Labute approximate surface area is 150 Å². The molecule has 0 bridgehead atoms. The maximum Gasteiger partial charge on any atom is 0.0612 e. The molecule has 0 atom stereocenters. The van der Waals surface area contributed by atoms with Crippen molar-refractivity contribution in [3.8, 4) is 0 Å². The summed E-state index contributed by atoms with van der Waals surface area (Å²) in [5, 5.41) is 2.73. The van der Waals surface area contributed by atoms with E-state index in [2.05, 4.69) is 84.0 Å². The zero-order valence-electron chi connectivity index (χ0n) is 16.6. The Morgan fingerprint density at radius 1 is 0.708 bits per heavy atom. The van der Waals surface area contributed by atoms with Crippen LogP contribution in [0.4, 0.5) is 0 Å². The molecule has 0 aromatic heterocycles. The van der Waals surface area contributed by atoms with E-state index in [1.807, 2.05) is 0 Å². The van der Waals surface area contributed by atoms with Gasteiger partial charge in [0.05, 0.1) is 8.07 Å². The average molecular weight is 341 g/mol. The molecule has 2 rings (SSSR count). The van der Waals surface area contributed by atoms with Crippen LogP contribution >= 0.6 is 0 Å². The fraction of sp³-hybridized carbons (Fsp3) is 0.565. The van der Waals surface area contributed by atoms with Crippen LogP contribution in [0.15, 0.2) is 42.5 Å². The van der Waals surface area contributed by atoms with Crippen LogP contribution in [0.5, 0.6) is 0 Å². The van der Waals surface area contributed by atoms with Gasteiger partial charge in [-0.25, -0.2) is 0 Å². The van der Waals surface area contributed by atoms with Gasteiger partial charge in [-0.15, -0.1) is 0 Å². The zero-order valence-corrected chi connectivity index (χ0v) is 17.6. The molecule has 2 aromatic carbocycles. The molecule has 0 radical (unpaired) electrons. The highest BCUT2D eigenvalue weighted by atomic mass is 28.3. The van der Waals surface area contributed by atoms with Crippen molar-refractivity contribution in [2.45, 2.75) is 83.5 Å². The normalized spacial score (nSPS) is 12.7. The van der Waals surface area contributed by atoms with E-state index >= 15 is 0 Å². The summed E-state index contributed by atoms with van der Waals surface area (Å²) in [5.41, 5.74) is 4.16. The second-order valence-corrected chi connectivity index (χ2v) is 14.7. The van der Waals surface area contributed by atoms with Crippen LogP contribution in [0.2, 0.25) is 22.7 Å². The molecule has 0 saturated carbocycles. The number of unbranched alkanes of at least 4 members (excludes halogenated alkanes) is 1. The van der Waals surface area contributed by atoms with Crippen molar-refractivity contribution in [1.29, 1.82) is 0 Å². The molecule has 0 aliphatic carbocycles. The van der Waals surface area contributed by atoms with Crippen molar-refractivity contribution < 1.29 is 0 Å². The number of hydrogen-bond acceptors (Lipinski definition) is 0. The second kappa shape index (κ2) is 8.34. The maximum absolute atomic E-state index is 2.48. The van der Waals surface area contributed by atoms with Gasteiger partial charge in [0.1, 0.15) is 0 Å². The minimum atomic E-state index is -1.21. The number of rotatable bonds is 8. The van der Waals surface area contributed by atoms with E-state index in [4.69, 9.17) is 0 Å². The summed E-state index contributed by atoms with van der Waals surface area (Å²) in [4.78, 5) is 0. The third-order valence-electron chi connectivity index (χ3n) is 6.36. The topological polar surface area (TPSA) is 0 Å². The Hall–Kier alpha value is -1.08. The second-order valence-electron chi connectivity index (χ2n) is 8.47. The number of hydrogen-bond donors (Lipinski definition) is 0. The molecule has 0 aliphatic rings. The number of fused-ring (bicyclic) bond motifs is 1. The van der Waals surface area contributed by atoms with Gasteiger partial charge >= 0.3 is 0 Å². The smallest absolute Gasteiger partial charge is 0.0612 e. The first-order valence-corrected chi connectivity index (χ1v) is 12.3. The van der Waals surface area contributed by atoms with E-state index in [1.165, 1.54) is 41.6 Å². The fourth-order valence-electron chi connectivity index (χ4n) is 5.02. The largest absolute Gasteiger partial charge is 0.0651 e. The lowest BCUT2D eigenvalue weighted by molar-refractivity contribution is 0.729. The summed E-state index contributed by atoms with van der Waals surface area (Å²) >= 11 is 0. The molecule has 132 valence electrons. The van der Waals surface area contributed by atoms with Crippen molar-refractivity contribution in [2.75, 3.05) is 0 Å². The third-order valence-corrected chi connectivity index (χ3v) is 14.0. The van der Waals surface area contributed by atoms with Crippen LogP contribution in [-0.4, -0.2) is 8.07 Å². The minimum absolute atomic E-state index is 0.887. The van der Waals surface area contributed by atoms with Crippen molar-refractivity contribution >= 4 is 18.8 Å². The highest BCUT2D eigenvalue weighted by Gasteiger charge is 2.41. The van der Waals surface area contributed by atoms with Crippen LogP contribution in [0.1, 0.15) is 59.9 Å². The zero-order chi connectivity index (χ0) is 17.7. The lowest BCUT2D eigenvalue weighted by atomic mass is 10.0. The Balaban J connectivity index is 1.97. The molecule has 0 heterocycles. The molecule has 1 heteroatoms. The molecule has 0 aliphatic heterocycles. The first-order chi connectivity index (χ1) is 11.4. The Morgan fingerprint density at radius 3 is 1.88 bits per heavy atom. The third kappa shape index (κ3) is 4.11. The monoisotopic (exact) mass is 340 g/mol. The summed E-state index contributed by atoms with van der Waals surface area (Å²) in [6, 6.07) is 17.2. The first-order valence-electron chi connectivity index (χ1n) is 9.85. The molecule has 0 nitrogen and oxygen atoms in total. The molecule has 2 aromatic rings. The lowest BCUT2D eigenvalue weighted by Crippen LogP contribution is -2.44. The van der Waals surface area contributed by atoms with Crippen molar-refractivity contribution in [1.82, 2.24) is 0 Å². The average Bonchev–Trinajstić information content (AvgIpc) is 2.53. The van der Waals surface area contributed by atoms with Gasteiger partial charge in [-0.3, -0.25) is 0 Å². The van der Waals surface area contributed by atoms with E-state index in [0.717, 1.165) is 16.6 Å². The molecule has 0 N–H and O–H groups in total. The van der Waals surface area contributed by atoms with Crippen LogP contribution in [0.25, 0.3) is 10.8 Å². The molecule has 0 spiro atoms. The fourth-order valence-corrected chi connectivity index (χ4v) is 11.6. The first kappa shape index (κ1) is 19.2. The molecular formula is C23H36Si. The van der Waals surface area contributed by atoms with Crippen molar-refractivity contribution in [2.24, 2.45) is 0 Å². The van der Waals surface area contributed by atoms with Gasteiger partial charge in [0, 0.05) is 0 Å². The number of aryl methyl sites for hydroxylation is 1. The Bertz CT molecular complexity index is 618. The molecule has 24 heavy (non-hydrogen) atoms. The van der Waals surface area contributed by atoms with Gasteiger partial charge < -0.3 is 0 Å². The Morgan fingerprint density at radius 2 is 1.29 bits per heavy atom. The predicted molar refractivity (Wildman–Crippen MR) is 113 cm³/mol. The van der Waals surface area contributed by atoms with Crippen LogP contribution < -0.4 is 0 Å². The molecule has 0 saturated heterocycles. The van der Waals surface area contributed by atoms with Crippen molar-refractivity contribution in [3.05, 3.63) is 48.0 Å².